The molecule has 0 aliphatic carbocycles. The Morgan fingerprint density at radius 3 is 1.43 bits per heavy atom. The molecular formula is C26H14F6IOS+. The van der Waals surface area contributed by atoms with Gasteiger partial charge in [-0.05, 0) is 95.4 Å². The number of fused-ring (bicyclic) bond motifs is 3. The number of benzene rings is 4. The highest BCUT2D eigenvalue weighted by molar-refractivity contribution is 14.1. The molecule has 1 nitrogen and oxygen atoms in total. The van der Waals surface area contributed by atoms with E-state index >= 15 is 0 Å². The van der Waals surface area contributed by atoms with Crippen LogP contribution in [-0.4, -0.2) is 0 Å². The first kappa shape index (κ1) is 23.9. The molecule has 0 unspecified atom stereocenters. The smallest absolute Gasteiger partial charge is 0.416 e. The summed E-state index contributed by atoms with van der Waals surface area (Å²) in [7, 11) is -0.860. The van der Waals surface area contributed by atoms with Crippen molar-refractivity contribution in [3.8, 4) is 16.4 Å². The number of hydrogen-bond donors (Lipinski definition) is 0. The largest absolute Gasteiger partial charge is 0.457 e. The van der Waals surface area contributed by atoms with Crippen molar-refractivity contribution < 1.29 is 31.1 Å². The summed E-state index contributed by atoms with van der Waals surface area (Å²) in [5, 5.41) is 0.340. The van der Waals surface area contributed by atoms with Crippen molar-refractivity contribution in [1.82, 2.24) is 0 Å². The molecule has 0 fully saturated rings. The maximum atomic E-state index is 13.4. The lowest BCUT2D eigenvalue weighted by atomic mass is 10.1. The van der Waals surface area contributed by atoms with Crippen LogP contribution in [0.3, 0.4) is 0 Å². The molecule has 0 atom stereocenters. The van der Waals surface area contributed by atoms with Crippen LogP contribution in [0.4, 0.5) is 26.3 Å². The molecule has 0 saturated heterocycles. The van der Waals surface area contributed by atoms with Crippen LogP contribution >= 0.6 is 33.1 Å². The van der Waals surface area contributed by atoms with Crippen molar-refractivity contribution in [3.63, 3.8) is 0 Å². The lowest BCUT2D eigenvalue weighted by Crippen LogP contribution is -2.04. The van der Waals surface area contributed by atoms with Gasteiger partial charge in [0.2, 0.25) is 0 Å². The van der Waals surface area contributed by atoms with Crippen LogP contribution in [0.15, 0.2) is 84.9 Å². The maximum Gasteiger partial charge on any atom is 0.416 e. The molecule has 1 aromatic heterocycles. The average Bonchev–Trinajstić information content (AvgIpc) is 3.13. The quantitative estimate of drug-likeness (QED) is 0.112. The fourth-order valence-corrected chi connectivity index (χ4v) is 6.54. The zero-order valence-corrected chi connectivity index (χ0v) is 20.5. The SMILES string of the molecule is FC(F)(F)c1ccc2c(c1)c1cc(C(F)(F)F)ccc1[s+]2-c1ccc(Oc2ccc(I)cc2)cc1. The first-order chi connectivity index (χ1) is 16.5. The third-order valence-corrected chi connectivity index (χ3v) is 8.51. The van der Waals surface area contributed by atoms with Crippen molar-refractivity contribution in [2.45, 2.75) is 12.4 Å². The summed E-state index contributed by atoms with van der Waals surface area (Å²) in [6, 6.07) is 21.1. The Balaban J connectivity index is 1.65. The van der Waals surface area contributed by atoms with E-state index in [0.29, 0.717) is 20.9 Å². The summed E-state index contributed by atoms with van der Waals surface area (Å²) < 4.78 is 88.3. The van der Waals surface area contributed by atoms with E-state index in [-0.39, 0.29) is 10.8 Å². The van der Waals surface area contributed by atoms with Gasteiger partial charge in [-0.1, -0.05) is 0 Å². The molecule has 5 rings (SSSR count). The monoisotopic (exact) mass is 615 g/mol. The molecule has 1 heterocycles. The van der Waals surface area contributed by atoms with Crippen molar-refractivity contribution in [3.05, 3.63) is 99.6 Å². The molecule has 4 aromatic carbocycles. The minimum absolute atomic E-state index is 0.170. The highest BCUT2D eigenvalue weighted by atomic mass is 127. The molecular weight excluding hydrogens is 601 g/mol. The zero-order chi connectivity index (χ0) is 25.0. The standard InChI is InChI=1S/C26H14F6IOS/c27-25(28,29)15-1-11-23-21(13-15)22-14-16(26(30,31)32)2-12-24(22)35(23)20-9-7-19(8-10-20)34-18-5-3-17(33)4-6-18/h1-14H/q+1. The predicted molar refractivity (Wildman–Crippen MR) is 135 cm³/mol. The number of alkyl halides is 6. The van der Waals surface area contributed by atoms with Crippen molar-refractivity contribution in [2.24, 2.45) is 0 Å². The Bertz CT molecular complexity index is 1460. The summed E-state index contributed by atoms with van der Waals surface area (Å²) in [5.74, 6) is 1.22. The second kappa shape index (κ2) is 8.70. The highest BCUT2D eigenvalue weighted by Gasteiger charge is 2.35. The fraction of sp³-hybridized carbons (Fsp3) is 0.0769. The Morgan fingerprint density at radius 1 is 0.571 bits per heavy atom. The molecule has 0 bridgehead atoms. The number of thiophene rings is 1. The normalized spacial score (nSPS) is 12.4. The van der Waals surface area contributed by atoms with E-state index in [1.165, 1.54) is 12.1 Å². The van der Waals surface area contributed by atoms with Gasteiger partial charge in [0.25, 0.3) is 0 Å². The number of hydrogen-bond acceptors (Lipinski definition) is 1. The van der Waals surface area contributed by atoms with Gasteiger partial charge >= 0.3 is 12.4 Å². The van der Waals surface area contributed by atoms with Crippen LogP contribution in [-0.2, 0) is 12.4 Å². The third-order valence-electron chi connectivity index (χ3n) is 5.45. The second-order valence-corrected chi connectivity index (χ2v) is 11.0. The van der Waals surface area contributed by atoms with Crippen LogP contribution in [0, 0.1) is 3.57 Å². The van der Waals surface area contributed by atoms with Crippen LogP contribution in [0.2, 0.25) is 0 Å². The van der Waals surface area contributed by atoms with E-state index < -0.39 is 33.9 Å². The molecule has 0 saturated carbocycles. The molecule has 0 radical (unpaired) electrons. The predicted octanol–water partition coefficient (Wildman–Crippen LogP) is 10.2. The zero-order valence-electron chi connectivity index (χ0n) is 17.5. The number of rotatable bonds is 3. The minimum atomic E-state index is -4.60. The lowest BCUT2D eigenvalue weighted by Gasteiger charge is -2.06. The minimum Gasteiger partial charge on any atom is -0.457 e. The molecule has 35 heavy (non-hydrogen) atoms. The topological polar surface area (TPSA) is 9.23 Å². The van der Waals surface area contributed by atoms with E-state index in [1.54, 1.807) is 24.3 Å². The van der Waals surface area contributed by atoms with E-state index in [4.69, 9.17) is 4.74 Å². The molecule has 9 heteroatoms. The van der Waals surface area contributed by atoms with Gasteiger partial charge in [0, 0.05) is 36.9 Å². The van der Waals surface area contributed by atoms with Gasteiger partial charge in [0.05, 0.1) is 11.1 Å². The molecule has 0 aliphatic heterocycles. The Morgan fingerprint density at radius 2 is 1.00 bits per heavy atom. The first-order valence-electron chi connectivity index (χ1n) is 10.2. The Hall–Kier alpha value is -2.79. The number of ether oxygens (including phenoxy) is 1. The van der Waals surface area contributed by atoms with Crippen LogP contribution < -0.4 is 4.74 Å². The van der Waals surface area contributed by atoms with Crippen molar-refractivity contribution in [2.75, 3.05) is 0 Å². The van der Waals surface area contributed by atoms with Gasteiger partial charge < -0.3 is 4.74 Å². The van der Waals surface area contributed by atoms with E-state index in [1.807, 2.05) is 24.3 Å². The van der Waals surface area contributed by atoms with Gasteiger partial charge in [-0.15, -0.1) is 0 Å². The summed E-state index contributed by atoms with van der Waals surface area (Å²) in [6.45, 7) is 0. The molecule has 0 amide bonds. The van der Waals surface area contributed by atoms with Gasteiger partial charge in [0.15, 0.2) is 14.3 Å². The van der Waals surface area contributed by atoms with Crippen molar-refractivity contribution in [1.29, 1.82) is 0 Å². The Labute approximate surface area is 212 Å². The van der Waals surface area contributed by atoms with E-state index in [0.717, 1.165) is 32.7 Å². The molecule has 0 spiro atoms. The van der Waals surface area contributed by atoms with Crippen LogP contribution in [0.5, 0.6) is 11.5 Å². The van der Waals surface area contributed by atoms with Gasteiger partial charge in [-0.25, -0.2) is 0 Å². The van der Waals surface area contributed by atoms with E-state index in [9.17, 15) is 26.3 Å². The maximum absolute atomic E-state index is 13.4. The van der Waals surface area contributed by atoms with Crippen LogP contribution in [0.1, 0.15) is 11.1 Å². The summed E-state index contributed by atoms with van der Waals surface area (Å²) in [6.07, 6.45) is -9.21. The van der Waals surface area contributed by atoms with E-state index in [2.05, 4.69) is 22.6 Å². The van der Waals surface area contributed by atoms with Crippen LogP contribution in [0.25, 0.3) is 25.1 Å². The fourth-order valence-electron chi connectivity index (χ4n) is 3.84. The van der Waals surface area contributed by atoms with Gasteiger partial charge in [-0.2, -0.15) is 26.3 Å². The molecule has 5 aromatic rings. The summed E-state index contributed by atoms with van der Waals surface area (Å²) in [5.41, 5.74) is -1.79. The third kappa shape index (κ3) is 4.71. The second-order valence-electron chi connectivity index (χ2n) is 7.75. The first-order valence-corrected chi connectivity index (χ1v) is 12.5. The molecule has 178 valence electrons. The lowest BCUT2D eigenvalue weighted by molar-refractivity contribution is -0.138. The van der Waals surface area contributed by atoms with Gasteiger partial charge in [0.1, 0.15) is 11.5 Å². The molecule has 0 N–H and O–H groups in total. The van der Waals surface area contributed by atoms with Crippen molar-refractivity contribution >= 4 is 53.2 Å². The molecule has 0 aliphatic rings. The Kier molecular flexibility index (Phi) is 5.95. The highest BCUT2D eigenvalue weighted by Crippen LogP contribution is 2.50. The summed E-state index contributed by atoms with van der Waals surface area (Å²) >= 11 is 2.19. The number of halogens is 7. The average molecular weight is 615 g/mol. The summed E-state index contributed by atoms with van der Waals surface area (Å²) in [4.78, 5) is 0.763. The van der Waals surface area contributed by atoms with Gasteiger partial charge in [-0.3, -0.25) is 0 Å².